The van der Waals surface area contributed by atoms with E-state index in [1.165, 1.54) is 0 Å². The molecule has 1 atom stereocenters. The van der Waals surface area contributed by atoms with Crippen molar-refractivity contribution in [2.45, 2.75) is 6.23 Å². The molecule has 0 aromatic carbocycles. The summed E-state index contributed by atoms with van der Waals surface area (Å²) < 4.78 is 4.63. The van der Waals surface area contributed by atoms with Gasteiger partial charge >= 0.3 is 0 Å². The first kappa shape index (κ1) is 5.53. The molecule has 0 spiro atoms. The first-order chi connectivity index (χ1) is 3.79. The van der Waals surface area contributed by atoms with E-state index in [1.807, 2.05) is 0 Å². The van der Waals surface area contributed by atoms with E-state index >= 15 is 0 Å². The third-order valence-electron chi connectivity index (χ3n) is 0.836. The van der Waals surface area contributed by atoms with Crippen molar-refractivity contribution in [3.05, 3.63) is 0 Å². The van der Waals surface area contributed by atoms with Crippen molar-refractivity contribution >= 4 is 5.91 Å². The Bertz CT molecular complexity index is 103. The number of ether oxygens (including phenoxy) is 1. The van der Waals surface area contributed by atoms with Crippen LogP contribution in [0.3, 0.4) is 0 Å². The maximum atomic E-state index is 10.3. The summed E-state index contributed by atoms with van der Waals surface area (Å²) in [5.74, 6) is -0.260. The highest BCUT2D eigenvalue weighted by atomic mass is 16.5. The van der Waals surface area contributed by atoms with Crippen molar-refractivity contribution in [1.82, 2.24) is 5.32 Å². The summed E-state index contributed by atoms with van der Waals surface area (Å²) in [6.45, 7) is 0.267. The fourth-order valence-corrected chi connectivity index (χ4v) is 0.532. The molecule has 1 aliphatic rings. The summed E-state index contributed by atoms with van der Waals surface area (Å²) in [5.41, 5.74) is 0. The Labute approximate surface area is 46.4 Å². The average Bonchev–Trinajstić information content (AvgIpc) is 1.64. The monoisotopic (exact) mass is 117 g/mol. The van der Waals surface area contributed by atoms with E-state index in [1.54, 1.807) is 0 Å². The minimum absolute atomic E-state index is 0.0665. The topological polar surface area (TPSA) is 58.6 Å². The molecule has 0 bridgehead atoms. The lowest BCUT2D eigenvalue weighted by Gasteiger charge is -2.17. The molecule has 46 valence electrons. The number of aliphatic hydroxyl groups is 1. The molecule has 1 amide bonds. The van der Waals surface area contributed by atoms with Crippen LogP contribution in [0.4, 0.5) is 0 Å². The highest BCUT2D eigenvalue weighted by Gasteiger charge is 2.14. The van der Waals surface area contributed by atoms with Crippen LogP contribution in [0.5, 0.6) is 0 Å². The quantitative estimate of drug-likeness (QED) is 0.404. The Morgan fingerprint density at radius 2 is 2.62 bits per heavy atom. The van der Waals surface area contributed by atoms with Crippen LogP contribution in [0.1, 0.15) is 0 Å². The van der Waals surface area contributed by atoms with Gasteiger partial charge in [-0.1, -0.05) is 0 Å². The average molecular weight is 117 g/mol. The predicted molar refractivity (Wildman–Crippen MR) is 25.0 cm³/mol. The molecule has 1 rings (SSSR count). The van der Waals surface area contributed by atoms with E-state index in [-0.39, 0.29) is 19.1 Å². The van der Waals surface area contributed by atoms with E-state index in [9.17, 15) is 4.79 Å². The molecule has 1 unspecified atom stereocenters. The first-order valence-electron chi connectivity index (χ1n) is 2.34. The van der Waals surface area contributed by atoms with Gasteiger partial charge in [-0.15, -0.1) is 0 Å². The second-order valence-corrected chi connectivity index (χ2v) is 1.60. The molecule has 4 nitrogen and oxygen atoms in total. The molecule has 8 heavy (non-hydrogen) atoms. The van der Waals surface area contributed by atoms with Gasteiger partial charge in [-0.25, -0.2) is 0 Å². The molecule has 0 radical (unpaired) electrons. The SMILES string of the molecule is O=C1COCC(O)N1. The van der Waals surface area contributed by atoms with Gasteiger partial charge in [-0.3, -0.25) is 4.79 Å². The molecular weight excluding hydrogens is 110 g/mol. The molecule has 1 fully saturated rings. The fourth-order valence-electron chi connectivity index (χ4n) is 0.532. The Kier molecular flexibility index (Phi) is 1.45. The van der Waals surface area contributed by atoms with Crippen molar-refractivity contribution in [2.75, 3.05) is 13.2 Å². The fraction of sp³-hybridized carbons (Fsp3) is 0.750. The number of carbonyl (C=O) groups is 1. The summed E-state index contributed by atoms with van der Waals surface area (Å²) in [6.07, 6.45) is -0.809. The third-order valence-corrected chi connectivity index (χ3v) is 0.836. The summed E-state index contributed by atoms with van der Waals surface area (Å²) in [5, 5.41) is 10.9. The minimum atomic E-state index is -0.809. The van der Waals surface area contributed by atoms with Gasteiger partial charge in [-0.2, -0.15) is 0 Å². The second-order valence-electron chi connectivity index (χ2n) is 1.60. The van der Waals surface area contributed by atoms with E-state index in [2.05, 4.69) is 10.1 Å². The van der Waals surface area contributed by atoms with Crippen molar-refractivity contribution in [3.63, 3.8) is 0 Å². The van der Waals surface area contributed by atoms with Gasteiger partial charge in [0, 0.05) is 0 Å². The lowest BCUT2D eigenvalue weighted by atomic mass is 10.5. The standard InChI is InChI=1S/C4H7NO3/c6-3-1-8-2-4(7)5-3/h3,6H,1-2H2,(H,5,7). The van der Waals surface area contributed by atoms with Crippen LogP contribution in [0, 0.1) is 0 Å². The largest absolute Gasteiger partial charge is 0.371 e. The van der Waals surface area contributed by atoms with Gasteiger partial charge < -0.3 is 15.2 Å². The van der Waals surface area contributed by atoms with Crippen LogP contribution in [0.25, 0.3) is 0 Å². The van der Waals surface area contributed by atoms with E-state index < -0.39 is 6.23 Å². The zero-order valence-corrected chi connectivity index (χ0v) is 4.26. The zero-order chi connectivity index (χ0) is 5.98. The summed E-state index contributed by atoms with van der Waals surface area (Å²) in [6, 6.07) is 0. The summed E-state index contributed by atoms with van der Waals surface area (Å²) in [4.78, 5) is 10.3. The van der Waals surface area contributed by atoms with Crippen molar-refractivity contribution in [1.29, 1.82) is 0 Å². The van der Waals surface area contributed by atoms with Crippen LogP contribution < -0.4 is 5.32 Å². The zero-order valence-electron chi connectivity index (χ0n) is 4.26. The Hall–Kier alpha value is -0.610. The van der Waals surface area contributed by atoms with E-state index in [0.717, 1.165) is 0 Å². The number of nitrogens with one attached hydrogen (secondary N) is 1. The normalized spacial score (nSPS) is 29.6. The third kappa shape index (κ3) is 1.18. The van der Waals surface area contributed by atoms with Gasteiger partial charge in [-0.05, 0) is 0 Å². The van der Waals surface area contributed by atoms with Crippen LogP contribution >= 0.6 is 0 Å². The molecule has 1 heterocycles. The van der Waals surface area contributed by atoms with Gasteiger partial charge in [0.05, 0.1) is 6.61 Å². The molecule has 0 aromatic heterocycles. The van der Waals surface area contributed by atoms with Gasteiger partial charge in [0.25, 0.3) is 0 Å². The number of hydrogen-bond donors (Lipinski definition) is 2. The number of hydrogen-bond acceptors (Lipinski definition) is 3. The van der Waals surface area contributed by atoms with Crippen molar-refractivity contribution in [2.24, 2.45) is 0 Å². The van der Waals surface area contributed by atoms with E-state index in [4.69, 9.17) is 5.11 Å². The van der Waals surface area contributed by atoms with Crippen LogP contribution in [0.15, 0.2) is 0 Å². The number of amides is 1. The molecule has 1 aliphatic heterocycles. The van der Waals surface area contributed by atoms with Crippen LogP contribution in [0.2, 0.25) is 0 Å². The van der Waals surface area contributed by atoms with E-state index in [0.29, 0.717) is 0 Å². The molecule has 1 saturated heterocycles. The smallest absolute Gasteiger partial charge is 0.248 e. The lowest BCUT2D eigenvalue weighted by molar-refractivity contribution is -0.138. The Balaban J connectivity index is 2.34. The van der Waals surface area contributed by atoms with Crippen molar-refractivity contribution < 1.29 is 14.6 Å². The predicted octanol–water partition coefficient (Wildman–Crippen LogP) is -1.55. The number of rotatable bonds is 0. The van der Waals surface area contributed by atoms with Crippen LogP contribution in [-0.4, -0.2) is 30.5 Å². The van der Waals surface area contributed by atoms with Gasteiger partial charge in [0.2, 0.25) is 5.91 Å². The molecule has 0 aromatic rings. The Morgan fingerprint density at radius 1 is 1.88 bits per heavy atom. The second kappa shape index (κ2) is 2.11. The molecule has 0 aliphatic carbocycles. The highest BCUT2D eigenvalue weighted by molar-refractivity contribution is 5.77. The molecule has 4 heteroatoms. The lowest BCUT2D eigenvalue weighted by Crippen LogP contribution is -2.45. The Morgan fingerprint density at radius 3 is 3.00 bits per heavy atom. The molecule has 0 saturated carbocycles. The minimum Gasteiger partial charge on any atom is -0.371 e. The highest BCUT2D eigenvalue weighted by Crippen LogP contribution is 1.87. The molecular formula is C4H7NO3. The maximum absolute atomic E-state index is 10.3. The van der Waals surface area contributed by atoms with Gasteiger partial charge in [0.1, 0.15) is 12.8 Å². The number of aliphatic hydroxyl groups excluding tert-OH is 1. The number of carbonyl (C=O) groups excluding carboxylic acids is 1. The molecule has 2 N–H and O–H groups in total. The van der Waals surface area contributed by atoms with Gasteiger partial charge in [0.15, 0.2) is 0 Å². The summed E-state index contributed by atoms with van der Waals surface area (Å²) in [7, 11) is 0. The number of morpholine rings is 1. The summed E-state index contributed by atoms with van der Waals surface area (Å²) >= 11 is 0. The van der Waals surface area contributed by atoms with Crippen molar-refractivity contribution in [3.8, 4) is 0 Å². The maximum Gasteiger partial charge on any atom is 0.248 e. The first-order valence-corrected chi connectivity index (χ1v) is 2.34. The van der Waals surface area contributed by atoms with Crippen LogP contribution in [-0.2, 0) is 9.53 Å².